The van der Waals surface area contributed by atoms with E-state index < -0.39 is 0 Å². The number of fused-ring (bicyclic) bond motifs is 6. The third-order valence-electron chi connectivity index (χ3n) is 12.9. The molecular weight excluding hydrogens is 847 g/mol. The van der Waals surface area contributed by atoms with Gasteiger partial charge >= 0.3 is 0 Å². The molecule has 0 aliphatic rings. The van der Waals surface area contributed by atoms with Gasteiger partial charge in [-0.05, 0) is 110 Å². The van der Waals surface area contributed by atoms with Crippen molar-refractivity contribution in [3.63, 3.8) is 0 Å². The highest BCUT2D eigenvalue weighted by Gasteiger charge is 2.18. The zero-order valence-corrected chi connectivity index (χ0v) is 37.5. The van der Waals surface area contributed by atoms with Gasteiger partial charge in [0.2, 0.25) is 0 Å². The van der Waals surface area contributed by atoms with E-state index in [4.69, 9.17) is 19.4 Å². The Labute approximate surface area is 397 Å². The average Bonchev–Trinajstić information content (AvgIpc) is 3.99. The van der Waals surface area contributed by atoms with Crippen LogP contribution >= 0.6 is 11.3 Å². The van der Waals surface area contributed by atoms with Crippen LogP contribution in [0.1, 0.15) is 0 Å². The van der Waals surface area contributed by atoms with Crippen molar-refractivity contribution in [3.8, 4) is 89.8 Å². The number of hydrogen-bond acceptors (Lipinski definition) is 5. The molecule has 10 aromatic carbocycles. The van der Waals surface area contributed by atoms with Crippen LogP contribution in [-0.4, -0.2) is 15.0 Å². The summed E-state index contributed by atoms with van der Waals surface area (Å²) in [5.74, 6) is 1.98. The number of nitrogens with zero attached hydrogens (tertiary/aromatic N) is 3. The Morgan fingerprint density at radius 2 is 0.676 bits per heavy atom. The van der Waals surface area contributed by atoms with E-state index >= 15 is 0 Å². The molecule has 0 aliphatic heterocycles. The molecule has 13 aromatic rings. The summed E-state index contributed by atoms with van der Waals surface area (Å²) in [7, 11) is 0. The van der Waals surface area contributed by atoms with E-state index in [0.29, 0.717) is 17.5 Å². The van der Waals surface area contributed by atoms with Crippen molar-refractivity contribution >= 4 is 53.4 Å². The van der Waals surface area contributed by atoms with Gasteiger partial charge in [-0.3, -0.25) is 0 Å². The first kappa shape index (κ1) is 39.6. The Morgan fingerprint density at radius 3 is 1.24 bits per heavy atom. The van der Waals surface area contributed by atoms with Crippen LogP contribution in [0.3, 0.4) is 0 Å². The fourth-order valence-electron chi connectivity index (χ4n) is 9.50. The summed E-state index contributed by atoms with van der Waals surface area (Å²) in [4.78, 5) is 15.1. The molecule has 0 aliphatic carbocycles. The molecule has 0 saturated heterocycles. The molecule has 0 fully saturated rings. The van der Waals surface area contributed by atoms with Crippen LogP contribution in [0.25, 0.3) is 132 Å². The summed E-state index contributed by atoms with van der Waals surface area (Å²) in [5, 5.41) is 4.69. The maximum absolute atomic E-state index is 6.11. The molecule has 0 amide bonds. The van der Waals surface area contributed by atoms with Crippen molar-refractivity contribution in [2.75, 3.05) is 0 Å². The summed E-state index contributed by atoms with van der Waals surface area (Å²) in [6.45, 7) is 0. The van der Waals surface area contributed by atoms with Crippen LogP contribution in [-0.2, 0) is 0 Å². The van der Waals surface area contributed by atoms with Gasteiger partial charge in [-0.25, -0.2) is 15.0 Å². The van der Waals surface area contributed by atoms with Crippen molar-refractivity contribution in [1.82, 2.24) is 15.0 Å². The Kier molecular flexibility index (Phi) is 9.66. The number of para-hydroxylation sites is 1. The molecule has 0 N–H and O–H groups in total. The van der Waals surface area contributed by atoms with Gasteiger partial charge in [-0.2, -0.15) is 0 Å². The van der Waals surface area contributed by atoms with Crippen molar-refractivity contribution in [3.05, 3.63) is 237 Å². The molecule has 68 heavy (non-hydrogen) atoms. The van der Waals surface area contributed by atoms with E-state index in [9.17, 15) is 0 Å². The van der Waals surface area contributed by atoms with E-state index in [1.165, 1.54) is 71.1 Å². The third-order valence-corrected chi connectivity index (χ3v) is 14.1. The molecule has 3 aromatic heterocycles. The number of hydrogen-bond donors (Lipinski definition) is 0. The van der Waals surface area contributed by atoms with Crippen molar-refractivity contribution in [2.45, 2.75) is 0 Å². The van der Waals surface area contributed by atoms with Crippen LogP contribution in [0.2, 0.25) is 0 Å². The topological polar surface area (TPSA) is 51.8 Å². The lowest BCUT2D eigenvalue weighted by atomic mass is 9.94. The zero-order chi connectivity index (χ0) is 45.0. The fraction of sp³-hybridized carbons (Fsp3) is 0. The molecule has 0 atom stereocenters. The predicted molar refractivity (Wildman–Crippen MR) is 283 cm³/mol. The van der Waals surface area contributed by atoms with Crippen LogP contribution in [0, 0.1) is 0 Å². The van der Waals surface area contributed by atoms with Crippen LogP contribution < -0.4 is 0 Å². The Hall–Kier alpha value is -8.77. The molecule has 5 heteroatoms. The molecule has 4 nitrogen and oxygen atoms in total. The molecule has 0 bridgehead atoms. The highest BCUT2D eigenvalue weighted by atomic mass is 32.1. The smallest absolute Gasteiger partial charge is 0.165 e. The van der Waals surface area contributed by atoms with Crippen molar-refractivity contribution in [2.24, 2.45) is 0 Å². The molecule has 13 rings (SSSR count). The molecule has 0 saturated carbocycles. The Bertz CT molecular complexity index is 3980. The van der Waals surface area contributed by atoms with Crippen LogP contribution in [0.15, 0.2) is 241 Å². The maximum atomic E-state index is 6.11. The minimum absolute atomic E-state index is 0.657. The molecule has 3 heterocycles. The monoisotopic (exact) mass is 885 g/mol. The normalized spacial score (nSPS) is 11.5. The number of benzene rings is 10. The summed E-state index contributed by atoms with van der Waals surface area (Å²) >= 11 is 1.79. The van der Waals surface area contributed by atoms with Gasteiger partial charge in [0.05, 0.1) is 0 Å². The van der Waals surface area contributed by atoms with E-state index in [1.54, 1.807) is 11.3 Å². The molecule has 318 valence electrons. The van der Waals surface area contributed by atoms with E-state index in [-0.39, 0.29) is 0 Å². The summed E-state index contributed by atoms with van der Waals surface area (Å²) in [6.07, 6.45) is 0. The Morgan fingerprint density at radius 1 is 0.265 bits per heavy atom. The lowest BCUT2D eigenvalue weighted by molar-refractivity contribution is 0.669. The van der Waals surface area contributed by atoms with E-state index in [1.807, 2.05) is 72.8 Å². The fourth-order valence-corrected chi connectivity index (χ4v) is 10.8. The number of furan rings is 1. The van der Waals surface area contributed by atoms with Gasteiger partial charge in [-0.1, -0.05) is 182 Å². The van der Waals surface area contributed by atoms with Gasteiger partial charge in [0.15, 0.2) is 17.5 Å². The summed E-state index contributed by atoms with van der Waals surface area (Å²) in [5.41, 5.74) is 16.5. The van der Waals surface area contributed by atoms with E-state index in [0.717, 1.165) is 43.3 Å². The maximum Gasteiger partial charge on any atom is 0.165 e. The summed E-state index contributed by atoms with van der Waals surface area (Å²) < 4.78 is 8.49. The largest absolute Gasteiger partial charge is 0.456 e. The predicted octanol–water partition coefficient (Wildman–Crippen LogP) is 17.5. The van der Waals surface area contributed by atoms with Crippen LogP contribution in [0.4, 0.5) is 0 Å². The van der Waals surface area contributed by atoms with Crippen molar-refractivity contribution in [1.29, 1.82) is 0 Å². The minimum Gasteiger partial charge on any atom is -0.456 e. The number of thiophene rings is 1. The second kappa shape index (κ2) is 16.6. The SMILES string of the molecule is c1ccc(-c2nc(-c3ccccc3)nc(-c3cccc4c3sc3cc(-c5cccc(-c6cccc(-c7cccc(-c8cccc(-c9ccc%10oc%11ccccc%11c%10c9)c8)c7)c6)c5)ccc34)n2)cc1. The first-order valence-corrected chi connectivity index (χ1v) is 23.6. The van der Waals surface area contributed by atoms with Gasteiger partial charge in [0, 0.05) is 47.6 Å². The highest BCUT2D eigenvalue weighted by Crippen LogP contribution is 2.42. The highest BCUT2D eigenvalue weighted by molar-refractivity contribution is 7.26. The third kappa shape index (κ3) is 7.23. The Balaban J connectivity index is 0.808. The van der Waals surface area contributed by atoms with Crippen molar-refractivity contribution < 1.29 is 4.42 Å². The average molecular weight is 886 g/mol. The van der Waals surface area contributed by atoms with Crippen LogP contribution in [0.5, 0.6) is 0 Å². The molecule has 0 unspecified atom stereocenters. The lowest BCUT2D eigenvalue weighted by Crippen LogP contribution is -2.00. The van der Waals surface area contributed by atoms with Gasteiger partial charge in [0.1, 0.15) is 11.2 Å². The minimum atomic E-state index is 0.657. The lowest BCUT2D eigenvalue weighted by Gasteiger charge is -2.11. The quantitative estimate of drug-likeness (QED) is 0.153. The number of rotatable bonds is 8. The summed E-state index contributed by atoms with van der Waals surface area (Å²) in [6, 6.07) is 83.8. The van der Waals surface area contributed by atoms with Gasteiger partial charge in [0.25, 0.3) is 0 Å². The zero-order valence-electron chi connectivity index (χ0n) is 36.7. The second-order valence-corrected chi connectivity index (χ2v) is 18.2. The number of aromatic nitrogens is 3. The van der Waals surface area contributed by atoms with Gasteiger partial charge in [-0.15, -0.1) is 11.3 Å². The van der Waals surface area contributed by atoms with Gasteiger partial charge < -0.3 is 4.42 Å². The first-order valence-electron chi connectivity index (χ1n) is 22.8. The molecular formula is C63H39N3OS. The van der Waals surface area contributed by atoms with E-state index in [2.05, 4.69) is 164 Å². The standard InChI is InChI=1S/C63H39N3OS/c1-3-14-40(15-4-1)61-64-62(41-16-5-2-6-17-41)66-63(65-61)55-28-13-27-54-53-32-30-51(39-59(53)68-60(54)55)49-25-12-23-47(37-49)45-21-10-19-43(35-45)42-18-9-20-44(34-42)46-22-11-24-48(36-46)50-31-33-58-56(38-50)52-26-7-8-29-57(52)67-58/h1-39H. The molecule has 0 spiro atoms. The molecule has 0 radical (unpaired) electrons. The first-order chi connectivity index (χ1) is 33.6. The second-order valence-electron chi connectivity index (χ2n) is 17.2.